The van der Waals surface area contributed by atoms with E-state index in [1.807, 2.05) is 43.0 Å². The number of fused-ring (bicyclic) bond motifs is 1. The van der Waals surface area contributed by atoms with Crippen molar-refractivity contribution in [3.8, 4) is 0 Å². The van der Waals surface area contributed by atoms with Crippen LogP contribution in [-0.2, 0) is 4.79 Å². The van der Waals surface area contributed by atoms with Crippen molar-refractivity contribution >= 4 is 34.3 Å². The Bertz CT molecular complexity index is 811. The fraction of sp³-hybridized carbons (Fsp3) is 0.474. The fourth-order valence-electron chi connectivity index (χ4n) is 3.80. The summed E-state index contributed by atoms with van der Waals surface area (Å²) < 4.78 is 0. The third-order valence-electron chi connectivity index (χ3n) is 5.27. The molecule has 6 heteroatoms. The van der Waals surface area contributed by atoms with Gasteiger partial charge in [-0.15, -0.1) is 0 Å². The van der Waals surface area contributed by atoms with Gasteiger partial charge in [-0.1, -0.05) is 31.0 Å². The van der Waals surface area contributed by atoms with Crippen molar-refractivity contribution < 1.29 is 15.0 Å². The van der Waals surface area contributed by atoms with E-state index in [2.05, 4.69) is 4.98 Å². The highest BCUT2D eigenvalue weighted by molar-refractivity contribution is 6.31. The number of anilines is 1. The van der Waals surface area contributed by atoms with Gasteiger partial charge in [0.2, 0.25) is 0 Å². The van der Waals surface area contributed by atoms with Crippen LogP contribution in [0, 0.1) is 12.3 Å². The minimum absolute atomic E-state index is 0.269. The first-order chi connectivity index (χ1) is 11.9. The van der Waals surface area contributed by atoms with E-state index in [0.717, 1.165) is 28.7 Å². The van der Waals surface area contributed by atoms with E-state index in [1.165, 1.54) is 0 Å². The summed E-state index contributed by atoms with van der Waals surface area (Å²) in [5, 5.41) is 21.9. The predicted molar refractivity (Wildman–Crippen MR) is 99.3 cm³/mol. The van der Waals surface area contributed by atoms with Gasteiger partial charge in [0, 0.05) is 23.5 Å². The number of aliphatic hydroxyl groups excluding tert-OH is 1. The van der Waals surface area contributed by atoms with Gasteiger partial charge in [-0.3, -0.25) is 4.79 Å². The van der Waals surface area contributed by atoms with Crippen molar-refractivity contribution in [2.24, 2.45) is 5.41 Å². The summed E-state index contributed by atoms with van der Waals surface area (Å²) >= 11 is 6.08. The minimum Gasteiger partial charge on any atom is -0.481 e. The lowest BCUT2D eigenvalue weighted by molar-refractivity contribution is -0.159. The Hall–Kier alpha value is -1.85. The van der Waals surface area contributed by atoms with E-state index >= 15 is 0 Å². The second-order valence-corrected chi connectivity index (χ2v) is 7.32. The standard InChI is InChI=1S/C19H23ClN2O3/c1-3-6-19(18(24)25)7-8-22(11-16(19)23)17-9-12(2)14-5-4-13(20)10-15(14)21-17/h4-5,9-10,16,23H,3,6-8,11H2,1-2H3,(H,24,25)/t16-,19+/m1/s1. The van der Waals surface area contributed by atoms with Crippen LogP contribution in [0.15, 0.2) is 24.3 Å². The zero-order chi connectivity index (χ0) is 18.2. The summed E-state index contributed by atoms with van der Waals surface area (Å²) in [6.45, 7) is 4.79. The number of aliphatic carboxylic acids is 1. The van der Waals surface area contributed by atoms with Crippen LogP contribution in [-0.4, -0.2) is 40.4 Å². The lowest BCUT2D eigenvalue weighted by atomic mass is 9.73. The monoisotopic (exact) mass is 362 g/mol. The fourth-order valence-corrected chi connectivity index (χ4v) is 3.96. The average Bonchev–Trinajstić information content (AvgIpc) is 2.56. The number of aryl methyl sites for hydroxylation is 1. The van der Waals surface area contributed by atoms with Crippen molar-refractivity contribution in [2.75, 3.05) is 18.0 Å². The van der Waals surface area contributed by atoms with E-state index in [4.69, 9.17) is 11.6 Å². The molecule has 0 bridgehead atoms. The zero-order valence-corrected chi connectivity index (χ0v) is 15.3. The molecule has 2 N–H and O–H groups in total. The second kappa shape index (κ2) is 6.81. The maximum absolute atomic E-state index is 11.8. The van der Waals surface area contributed by atoms with Gasteiger partial charge in [-0.2, -0.15) is 0 Å². The van der Waals surface area contributed by atoms with E-state index in [1.54, 1.807) is 0 Å². The van der Waals surface area contributed by atoms with Crippen molar-refractivity contribution in [1.29, 1.82) is 0 Å². The van der Waals surface area contributed by atoms with Crippen LogP contribution in [0.4, 0.5) is 5.82 Å². The third kappa shape index (κ3) is 3.18. The predicted octanol–water partition coefficient (Wildman–Crippen LogP) is 3.64. The summed E-state index contributed by atoms with van der Waals surface area (Å²) in [6, 6.07) is 7.60. The maximum atomic E-state index is 11.8. The van der Waals surface area contributed by atoms with Gasteiger partial charge in [0.15, 0.2) is 0 Å². The van der Waals surface area contributed by atoms with Gasteiger partial charge in [0.1, 0.15) is 5.82 Å². The molecule has 2 heterocycles. The molecule has 1 fully saturated rings. The highest BCUT2D eigenvalue weighted by Gasteiger charge is 2.48. The number of aliphatic hydroxyl groups is 1. The highest BCUT2D eigenvalue weighted by atomic mass is 35.5. The molecular formula is C19H23ClN2O3. The van der Waals surface area contributed by atoms with Crippen LogP contribution in [0.2, 0.25) is 5.02 Å². The molecule has 1 aromatic heterocycles. The Labute approximate surface area is 152 Å². The Morgan fingerprint density at radius 2 is 2.20 bits per heavy atom. The summed E-state index contributed by atoms with van der Waals surface area (Å²) in [7, 11) is 0. The van der Waals surface area contributed by atoms with Gasteiger partial charge in [0.05, 0.1) is 17.0 Å². The van der Waals surface area contributed by atoms with Crippen molar-refractivity contribution in [2.45, 2.75) is 39.2 Å². The molecule has 0 spiro atoms. The number of benzene rings is 1. The number of carboxylic acid groups (broad SMARTS) is 1. The molecule has 0 radical (unpaired) electrons. The summed E-state index contributed by atoms with van der Waals surface area (Å²) in [5.41, 5.74) is 0.830. The molecule has 2 atom stereocenters. The van der Waals surface area contributed by atoms with Gasteiger partial charge in [0.25, 0.3) is 0 Å². The Balaban J connectivity index is 1.92. The number of halogens is 1. The maximum Gasteiger partial charge on any atom is 0.312 e. The van der Waals surface area contributed by atoms with E-state index in [9.17, 15) is 15.0 Å². The molecule has 25 heavy (non-hydrogen) atoms. The third-order valence-corrected chi connectivity index (χ3v) is 5.51. The van der Waals surface area contributed by atoms with Crippen LogP contribution in [0.5, 0.6) is 0 Å². The quantitative estimate of drug-likeness (QED) is 0.868. The molecule has 0 unspecified atom stereocenters. The zero-order valence-electron chi connectivity index (χ0n) is 14.5. The molecule has 2 aromatic rings. The number of carboxylic acids is 1. The van der Waals surface area contributed by atoms with Crippen LogP contribution in [0.3, 0.4) is 0 Å². The van der Waals surface area contributed by atoms with E-state index < -0.39 is 17.5 Å². The number of pyridine rings is 1. The minimum atomic E-state index is -1.06. The number of rotatable bonds is 4. The first-order valence-corrected chi connectivity index (χ1v) is 8.98. The Morgan fingerprint density at radius 3 is 2.84 bits per heavy atom. The number of nitrogens with zero attached hydrogens (tertiary/aromatic N) is 2. The summed E-state index contributed by atoms with van der Waals surface area (Å²) in [4.78, 5) is 18.4. The van der Waals surface area contributed by atoms with Crippen LogP contribution in [0.1, 0.15) is 31.7 Å². The molecule has 3 rings (SSSR count). The normalized spacial score (nSPS) is 23.8. The van der Waals surface area contributed by atoms with E-state index in [-0.39, 0.29) is 6.54 Å². The number of piperidine rings is 1. The molecule has 0 aliphatic carbocycles. The molecular weight excluding hydrogens is 340 g/mol. The average molecular weight is 363 g/mol. The first-order valence-electron chi connectivity index (χ1n) is 8.60. The molecule has 1 aromatic carbocycles. The van der Waals surface area contributed by atoms with Crippen LogP contribution in [0.25, 0.3) is 10.9 Å². The molecule has 0 amide bonds. The lowest BCUT2D eigenvalue weighted by Gasteiger charge is -2.43. The molecule has 5 nitrogen and oxygen atoms in total. The first kappa shape index (κ1) is 18.0. The van der Waals surface area contributed by atoms with Crippen LogP contribution < -0.4 is 4.90 Å². The summed E-state index contributed by atoms with van der Waals surface area (Å²) in [6.07, 6.45) is 0.702. The van der Waals surface area contributed by atoms with Gasteiger partial charge in [-0.25, -0.2) is 4.98 Å². The smallest absolute Gasteiger partial charge is 0.312 e. The van der Waals surface area contributed by atoms with E-state index in [0.29, 0.717) is 24.4 Å². The topological polar surface area (TPSA) is 73.7 Å². The SMILES string of the molecule is CCC[C@]1(C(=O)O)CCN(c2cc(C)c3ccc(Cl)cc3n2)C[C@H]1O. The number of hydrogen-bond donors (Lipinski definition) is 2. The number of hydrogen-bond acceptors (Lipinski definition) is 4. The molecule has 0 saturated carbocycles. The second-order valence-electron chi connectivity index (χ2n) is 6.88. The van der Waals surface area contributed by atoms with Crippen molar-refractivity contribution in [3.63, 3.8) is 0 Å². The van der Waals surface area contributed by atoms with Crippen molar-refractivity contribution in [1.82, 2.24) is 4.98 Å². The van der Waals surface area contributed by atoms with Gasteiger partial charge in [-0.05, 0) is 43.5 Å². The molecule has 1 aliphatic heterocycles. The van der Waals surface area contributed by atoms with Gasteiger partial charge >= 0.3 is 5.97 Å². The van der Waals surface area contributed by atoms with Crippen molar-refractivity contribution in [3.05, 3.63) is 34.9 Å². The van der Waals surface area contributed by atoms with Gasteiger partial charge < -0.3 is 15.1 Å². The van der Waals surface area contributed by atoms with Crippen LogP contribution >= 0.6 is 11.6 Å². The summed E-state index contributed by atoms with van der Waals surface area (Å²) in [5.74, 6) is -0.155. The molecule has 134 valence electrons. The molecule has 1 aliphatic rings. The lowest BCUT2D eigenvalue weighted by Crippen LogP contribution is -2.55. The number of β-amino-alcohol motifs (C(OH)–C–C–N with tert-alkyl or cyclic N) is 1. The Kier molecular flexibility index (Phi) is 4.89. The Morgan fingerprint density at radius 1 is 1.44 bits per heavy atom. The largest absolute Gasteiger partial charge is 0.481 e. The number of carbonyl (C=O) groups is 1. The molecule has 1 saturated heterocycles. The highest BCUT2D eigenvalue weighted by Crippen LogP contribution is 2.38. The number of aromatic nitrogens is 1.